The number of amides is 1. The third kappa shape index (κ3) is 2.16. The van der Waals surface area contributed by atoms with Gasteiger partial charge in [0.15, 0.2) is 0 Å². The van der Waals surface area contributed by atoms with Gasteiger partial charge >= 0.3 is 0 Å². The van der Waals surface area contributed by atoms with Gasteiger partial charge in [-0.2, -0.15) is 0 Å². The van der Waals surface area contributed by atoms with Crippen LogP contribution < -0.4 is 16.0 Å². The Bertz CT molecular complexity index is 386. The SMILES string of the molecule is NC(=O)C1=CN(c2ccccc2)CNC1. The summed E-state index contributed by atoms with van der Waals surface area (Å²) in [6, 6.07) is 9.85. The molecule has 1 aromatic rings. The van der Waals surface area contributed by atoms with Crippen molar-refractivity contribution in [1.82, 2.24) is 5.32 Å². The molecule has 1 heterocycles. The molecule has 0 spiro atoms. The van der Waals surface area contributed by atoms with Gasteiger partial charge in [0, 0.05) is 24.0 Å². The molecule has 78 valence electrons. The van der Waals surface area contributed by atoms with E-state index in [0.717, 1.165) is 5.69 Å². The van der Waals surface area contributed by atoms with E-state index in [1.165, 1.54) is 0 Å². The number of hydrogen-bond donors (Lipinski definition) is 2. The fourth-order valence-corrected chi connectivity index (χ4v) is 1.53. The van der Waals surface area contributed by atoms with Gasteiger partial charge in [0.25, 0.3) is 0 Å². The second kappa shape index (κ2) is 4.14. The lowest BCUT2D eigenvalue weighted by atomic mass is 10.2. The van der Waals surface area contributed by atoms with Crippen LogP contribution in [0.25, 0.3) is 0 Å². The normalized spacial score (nSPS) is 16.0. The number of anilines is 1. The van der Waals surface area contributed by atoms with Crippen molar-refractivity contribution in [2.45, 2.75) is 0 Å². The highest BCUT2D eigenvalue weighted by molar-refractivity contribution is 5.93. The van der Waals surface area contributed by atoms with Crippen LogP contribution in [0.15, 0.2) is 42.1 Å². The minimum absolute atomic E-state index is 0.372. The zero-order valence-corrected chi connectivity index (χ0v) is 8.31. The zero-order valence-electron chi connectivity index (χ0n) is 8.31. The minimum Gasteiger partial charge on any atom is -0.366 e. The molecule has 1 amide bonds. The fraction of sp³-hybridized carbons (Fsp3) is 0.182. The van der Waals surface area contributed by atoms with E-state index in [1.807, 2.05) is 35.2 Å². The predicted octanol–water partition coefficient (Wildman–Crippen LogP) is 0.423. The molecule has 0 unspecified atom stereocenters. The van der Waals surface area contributed by atoms with E-state index in [4.69, 9.17) is 5.73 Å². The summed E-state index contributed by atoms with van der Waals surface area (Å²) in [5, 5.41) is 3.12. The molecule has 0 fully saturated rings. The van der Waals surface area contributed by atoms with Crippen molar-refractivity contribution in [3.8, 4) is 0 Å². The Hall–Kier alpha value is -1.81. The molecule has 0 saturated heterocycles. The number of para-hydroxylation sites is 1. The molecule has 4 nitrogen and oxygen atoms in total. The van der Waals surface area contributed by atoms with Crippen LogP contribution in [0.1, 0.15) is 0 Å². The van der Waals surface area contributed by atoms with Gasteiger partial charge < -0.3 is 10.6 Å². The quantitative estimate of drug-likeness (QED) is 0.732. The number of nitrogens with zero attached hydrogens (tertiary/aromatic N) is 1. The summed E-state index contributed by atoms with van der Waals surface area (Å²) in [4.78, 5) is 13.0. The van der Waals surface area contributed by atoms with Gasteiger partial charge in [0.05, 0.1) is 6.67 Å². The second-order valence-electron chi connectivity index (χ2n) is 3.41. The third-order valence-electron chi connectivity index (χ3n) is 2.31. The second-order valence-corrected chi connectivity index (χ2v) is 3.41. The maximum atomic E-state index is 11.0. The summed E-state index contributed by atoms with van der Waals surface area (Å²) in [7, 11) is 0. The summed E-state index contributed by atoms with van der Waals surface area (Å²) in [5.41, 5.74) is 6.88. The van der Waals surface area contributed by atoms with Crippen molar-refractivity contribution in [2.24, 2.45) is 5.73 Å². The number of carbonyl (C=O) groups is 1. The van der Waals surface area contributed by atoms with Crippen molar-refractivity contribution in [2.75, 3.05) is 18.1 Å². The number of primary amides is 1. The van der Waals surface area contributed by atoms with E-state index < -0.39 is 0 Å². The summed E-state index contributed by atoms with van der Waals surface area (Å²) in [6.07, 6.45) is 1.80. The molecule has 1 aliphatic rings. The molecular formula is C11H13N3O. The first-order valence-electron chi connectivity index (χ1n) is 4.80. The lowest BCUT2D eigenvalue weighted by Crippen LogP contribution is -2.39. The van der Waals surface area contributed by atoms with Crippen LogP contribution in [0.5, 0.6) is 0 Å². The highest BCUT2D eigenvalue weighted by Crippen LogP contribution is 2.15. The maximum Gasteiger partial charge on any atom is 0.247 e. The number of benzene rings is 1. The zero-order chi connectivity index (χ0) is 10.7. The largest absolute Gasteiger partial charge is 0.366 e. The topological polar surface area (TPSA) is 58.4 Å². The molecule has 1 aromatic carbocycles. The highest BCUT2D eigenvalue weighted by atomic mass is 16.1. The van der Waals surface area contributed by atoms with Gasteiger partial charge in [-0.05, 0) is 12.1 Å². The van der Waals surface area contributed by atoms with Gasteiger partial charge in [0.1, 0.15) is 0 Å². The van der Waals surface area contributed by atoms with Gasteiger partial charge in [-0.15, -0.1) is 0 Å². The van der Waals surface area contributed by atoms with Crippen LogP contribution in [0.3, 0.4) is 0 Å². The lowest BCUT2D eigenvalue weighted by molar-refractivity contribution is -0.114. The maximum absolute atomic E-state index is 11.0. The molecular weight excluding hydrogens is 190 g/mol. The molecule has 3 N–H and O–H groups in total. The van der Waals surface area contributed by atoms with Crippen LogP contribution in [0.2, 0.25) is 0 Å². The molecule has 15 heavy (non-hydrogen) atoms. The minimum atomic E-state index is -0.372. The Labute approximate surface area is 88.4 Å². The molecule has 0 saturated carbocycles. The van der Waals surface area contributed by atoms with Gasteiger partial charge in [-0.25, -0.2) is 0 Å². The summed E-state index contributed by atoms with van der Waals surface area (Å²) < 4.78 is 0. The van der Waals surface area contributed by atoms with Crippen molar-refractivity contribution in [3.63, 3.8) is 0 Å². The first-order chi connectivity index (χ1) is 7.27. The summed E-state index contributed by atoms with van der Waals surface area (Å²) >= 11 is 0. The molecule has 2 rings (SSSR count). The van der Waals surface area contributed by atoms with E-state index in [1.54, 1.807) is 6.20 Å². The first-order valence-corrected chi connectivity index (χ1v) is 4.80. The molecule has 0 atom stereocenters. The Morgan fingerprint density at radius 1 is 1.33 bits per heavy atom. The van der Waals surface area contributed by atoms with E-state index >= 15 is 0 Å². The number of hydrogen-bond acceptors (Lipinski definition) is 3. The van der Waals surface area contributed by atoms with Crippen molar-refractivity contribution in [1.29, 1.82) is 0 Å². The number of nitrogens with two attached hydrogens (primary N) is 1. The van der Waals surface area contributed by atoms with Crippen molar-refractivity contribution in [3.05, 3.63) is 42.1 Å². The van der Waals surface area contributed by atoms with Crippen LogP contribution >= 0.6 is 0 Å². The van der Waals surface area contributed by atoms with Crippen LogP contribution in [0.4, 0.5) is 5.69 Å². The molecule has 1 aliphatic heterocycles. The van der Waals surface area contributed by atoms with E-state index in [2.05, 4.69) is 5.32 Å². The molecule has 0 radical (unpaired) electrons. The average molecular weight is 203 g/mol. The smallest absolute Gasteiger partial charge is 0.247 e. The standard InChI is InChI=1S/C11H13N3O/c12-11(15)9-6-13-8-14(7-9)10-4-2-1-3-5-10/h1-5,7,13H,6,8H2,(H2,12,15). The number of nitrogens with one attached hydrogen (secondary N) is 1. The van der Waals surface area contributed by atoms with E-state index in [0.29, 0.717) is 18.8 Å². The van der Waals surface area contributed by atoms with Crippen LogP contribution in [-0.4, -0.2) is 19.1 Å². The van der Waals surface area contributed by atoms with Crippen molar-refractivity contribution < 1.29 is 4.79 Å². The monoisotopic (exact) mass is 203 g/mol. The summed E-state index contributed by atoms with van der Waals surface area (Å²) in [6.45, 7) is 1.24. The molecule has 0 aliphatic carbocycles. The van der Waals surface area contributed by atoms with Gasteiger partial charge in [-0.1, -0.05) is 18.2 Å². The highest BCUT2D eigenvalue weighted by Gasteiger charge is 2.13. The van der Waals surface area contributed by atoms with Gasteiger partial charge in [0.2, 0.25) is 5.91 Å². The molecule has 4 heteroatoms. The van der Waals surface area contributed by atoms with E-state index in [9.17, 15) is 4.79 Å². The van der Waals surface area contributed by atoms with Crippen LogP contribution in [0, 0.1) is 0 Å². The van der Waals surface area contributed by atoms with E-state index in [-0.39, 0.29) is 5.91 Å². The fourth-order valence-electron chi connectivity index (χ4n) is 1.53. The Morgan fingerprint density at radius 2 is 2.07 bits per heavy atom. The average Bonchev–Trinajstić information content (AvgIpc) is 2.30. The lowest BCUT2D eigenvalue weighted by Gasteiger charge is -2.26. The molecule has 0 bridgehead atoms. The first kappa shape index (κ1) is 9.73. The third-order valence-corrected chi connectivity index (χ3v) is 2.31. The number of carbonyl (C=O) groups excluding carboxylic acids is 1. The number of rotatable bonds is 2. The van der Waals surface area contributed by atoms with Crippen molar-refractivity contribution >= 4 is 11.6 Å². The van der Waals surface area contributed by atoms with Gasteiger partial charge in [-0.3, -0.25) is 10.1 Å². The van der Waals surface area contributed by atoms with Crippen LogP contribution in [-0.2, 0) is 4.79 Å². The Kier molecular flexibility index (Phi) is 2.69. The Morgan fingerprint density at radius 3 is 2.73 bits per heavy atom. The summed E-state index contributed by atoms with van der Waals surface area (Å²) in [5.74, 6) is -0.372. The predicted molar refractivity (Wildman–Crippen MR) is 59.1 cm³/mol. The Balaban J connectivity index is 2.24. The molecule has 0 aromatic heterocycles.